The normalized spacial score (nSPS) is 14.2. The fourth-order valence-corrected chi connectivity index (χ4v) is 16.1. The van der Waals surface area contributed by atoms with E-state index in [1.54, 1.807) is 0 Å². The number of ether oxygens (including phenoxy) is 4. The van der Waals surface area contributed by atoms with Crippen LogP contribution in [0.15, 0.2) is 0 Å². The van der Waals surface area contributed by atoms with Crippen molar-refractivity contribution < 1.29 is 80.2 Å². The number of aliphatic hydroxyl groups excluding tert-OH is 1. The van der Waals surface area contributed by atoms with Crippen LogP contribution in [-0.4, -0.2) is 96.7 Å². The lowest BCUT2D eigenvalue weighted by atomic mass is 9.99. The average Bonchev–Trinajstić information content (AvgIpc) is 0.900. The Morgan fingerprint density at radius 2 is 0.455 bits per heavy atom. The summed E-state index contributed by atoms with van der Waals surface area (Å²) in [5, 5.41) is 10.7. The molecule has 0 aromatic carbocycles. The number of carbonyl (C=O) groups excluding carboxylic acids is 4. The summed E-state index contributed by atoms with van der Waals surface area (Å²) >= 11 is 0. The Balaban J connectivity index is 5.23. The molecule has 0 aliphatic heterocycles. The molecule has 7 atom stereocenters. The van der Waals surface area contributed by atoms with Gasteiger partial charge in [0, 0.05) is 25.7 Å². The van der Waals surface area contributed by atoms with Crippen molar-refractivity contribution in [1.29, 1.82) is 0 Å². The van der Waals surface area contributed by atoms with E-state index in [9.17, 15) is 43.2 Å². The summed E-state index contributed by atoms with van der Waals surface area (Å²) in [4.78, 5) is 73.5. The summed E-state index contributed by atoms with van der Waals surface area (Å²) in [7, 11) is -9.94. The smallest absolute Gasteiger partial charge is 0.462 e. The van der Waals surface area contributed by atoms with Gasteiger partial charge < -0.3 is 33.8 Å². The van der Waals surface area contributed by atoms with Crippen molar-refractivity contribution in [3.05, 3.63) is 0 Å². The minimum atomic E-state index is -4.97. The molecule has 4 unspecified atom stereocenters. The molecule has 0 aliphatic rings. The maximum Gasteiger partial charge on any atom is 0.472 e. The lowest BCUT2D eigenvalue weighted by Gasteiger charge is -2.21. The monoisotopic (exact) mass is 1630 g/mol. The second-order valence-electron chi connectivity index (χ2n) is 34.4. The number of hydrogen-bond acceptors (Lipinski definition) is 15. The first kappa shape index (κ1) is 110. The molecule has 666 valence electrons. The van der Waals surface area contributed by atoms with Gasteiger partial charge in [-0.25, -0.2) is 9.13 Å². The lowest BCUT2D eigenvalue weighted by Crippen LogP contribution is -2.30. The number of carbonyl (C=O) groups is 4. The number of aliphatic hydroxyl groups is 1. The summed E-state index contributed by atoms with van der Waals surface area (Å²) in [5.41, 5.74) is 0. The third-order valence-electron chi connectivity index (χ3n) is 22.6. The van der Waals surface area contributed by atoms with Crippen molar-refractivity contribution in [2.75, 3.05) is 39.6 Å². The molecule has 0 saturated carbocycles. The summed E-state index contributed by atoms with van der Waals surface area (Å²) in [6.07, 6.45) is 76.5. The van der Waals surface area contributed by atoms with Crippen LogP contribution in [0.4, 0.5) is 0 Å². The molecule has 0 bridgehead atoms. The van der Waals surface area contributed by atoms with Gasteiger partial charge >= 0.3 is 39.5 Å². The molecule has 0 aromatic heterocycles. The molecule has 17 nitrogen and oxygen atoms in total. The second kappa shape index (κ2) is 82.7. The van der Waals surface area contributed by atoms with Gasteiger partial charge in [0.25, 0.3) is 0 Å². The zero-order chi connectivity index (χ0) is 82.2. The Morgan fingerprint density at radius 3 is 0.679 bits per heavy atom. The van der Waals surface area contributed by atoms with Crippen LogP contribution in [0.3, 0.4) is 0 Å². The van der Waals surface area contributed by atoms with Gasteiger partial charge in [-0.1, -0.05) is 447 Å². The fourth-order valence-electron chi connectivity index (χ4n) is 14.5. The third kappa shape index (κ3) is 83.1. The van der Waals surface area contributed by atoms with Crippen molar-refractivity contribution in [3.8, 4) is 0 Å². The topological polar surface area (TPSA) is 237 Å². The molecule has 0 aliphatic carbocycles. The molecule has 0 spiro atoms. The van der Waals surface area contributed by atoms with Crippen LogP contribution in [-0.2, 0) is 65.4 Å². The molecule has 0 radical (unpaired) electrons. The first-order valence-corrected chi connectivity index (χ1v) is 50.9. The van der Waals surface area contributed by atoms with Gasteiger partial charge in [0.15, 0.2) is 12.2 Å². The van der Waals surface area contributed by atoms with Crippen molar-refractivity contribution in [3.63, 3.8) is 0 Å². The number of esters is 4. The minimum absolute atomic E-state index is 0.107. The Kier molecular flexibility index (Phi) is 81.3. The Morgan fingerprint density at radius 1 is 0.259 bits per heavy atom. The van der Waals surface area contributed by atoms with E-state index in [1.165, 1.54) is 308 Å². The lowest BCUT2D eigenvalue weighted by molar-refractivity contribution is -0.161. The van der Waals surface area contributed by atoms with Gasteiger partial charge in [-0.05, 0) is 43.4 Å². The van der Waals surface area contributed by atoms with Crippen molar-refractivity contribution in [1.82, 2.24) is 0 Å². The summed E-state index contributed by atoms with van der Waals surface area (Å²) in [6, 6.07) is 0. The van der Waals surface area contributed by atoms with Crippen LogP contribution in [0.25, 0.3) is 0 Å². The zero-order valence-electron chi connectivity index (χ0n) is 74.2. The van der Waals surface area contributed by atoms with Crippen LogP contribution in [0.1, 0.15) is 498 Å². The van der Waals surface area contributed by atoms with Gasteiger partial charge in [-0.3, -0.25) is 37.3 Å². The van der Waals surface area contributed by atoms with Crippen LogP contribution in [0, 0.1) is 17.8 Å². The summed E-state index contributed by atoms with van der Waals surface area (Å²) < 4.78 is 69.1. The van der Waals surface area contributed by atoms with Crippen molar-refractivity contribution in [2.45, 2.75) is 516 Å². The Bertz CT molecular complexity index is 2150. The number of rotatable bonds is 91. The van der Waals surface area contributed by atoms with Crippen LogP contribution < -0.4 is 0 Å². The van der Waals surface area contributed by atoms with Crippen LogP contribution in [0.2, 0.25) is 0 Å². The minimum Gasteiger partial charge on any atom is -0.462 e. The van der Waals surface area contributed by atoms with Crippen LogP contribution >= 0.6 is 15.6 Å². The predicted octanol–water partition coefficient (Wildman–Crippen LogP) is 28.8. The number of phosphoric acid groups is 2. The molecule has 0 fully saturated rings. The third-order valence-corrected chi connectivity index (χ3v) is 24.5. The quantitative estimate of drug-likeness (QED) is 0.0222. The van der Waals surface area contributed by atoms with Gasteiger partial charge in [0.05, 0.1) is 26.4 Å². The van der Waals surface area contributed by atoms with E-state index in [0.29, 0.717) is 25.7 Å². The summed E-state index contributed by atoms with van der Waals surface area (Å²) in [5.74, 6) is 0.345. The number of hydrogen-bond donors (Lipinski definition) is 3. The molecule has 0 heterocycles. The van der Waals surface area contributed by atoms with Gasteiger partial charge in [-0.15, -0.1) is 0 Å². The largest absolute Gasteiger partial charge is 0.472 e. The maximum atomic E-state index is 13.2. The van der Waals surface area contributed by atoms with Crippen molar-refractivity contribution in [2.24, 2.45) is 17.8 Å². The Hall–Kier alpha value is -1.94. The molecule has 0 amide bonds. The van der Waals surface area contributed by atoms with E-state index in [-0.39, 0.29) is 25.7 Å². The van der Waals surface area contributed by atoms with E-state index in [1.807, 2.05) is 0 Å². The highest BCUT2D eigenvalue weighted by Gasteiger charge is 2.31. The highest BCUT2D eigenvalue weighted by molar-refractivity contribution is 7.47. The van der Waals surface area contributed by atoms with E-state index in [0.717, 1.165) is 108 Å². The van der Waals surface area contributed by atoms with E-state index < -0.39 is 97.5 Å². The van der Waals surface area contributed by atoms with E-state index in [2.05, 4.69) is 48.5 Å². The molecule has 112 heavy (non-hydrogen) atoms. The van der Waals surface area contributed by atoms with E-state index >= 15 is 0 Å². The van der Waals surface area contributed by atoms with Gasteiger partial charge in [0.1, 0.15) is 19.3 Å². The van der Waals surface area contributed by atoms with Crippen LogP contribution in [0.5, 0.6) is 0 Å². The highest BCUT2D eigenvalue weighted by atomic mass is 31.2. The second-order valence-corrected chi connectivity index (χ2v) is 37.3. The van der Waals surface area contributed by atoms with E-state index in [4.69, 9.17) is 37.0 Å². The molecule has 0 saturated heterocycles. The average molecular weight is 1630 g/mol. The fraction of sp³-hybridized carbons (Fsp3) is 0.957. The Labute approximate surface area is 689 Å². The first-order chi connectivity index (χ1) is 54.3. The van der Waals surface area contributed by atoms with Gasteiger partial charge in [-0.2, -0.15) is 0 Å². The molecular formula is C93H182O17P2. The zero-order valence-corrected chi connectivity index (χ0v) is 75.9. The molecule has 19 heteroatoms. The first-order valence-electron chi connectivity index (χ1n) is 47.9. The number of phosphoric ester groups is 2. The van der Waals surface area contributed by atoms with Crippen molar-refractivity contribution >= 4 is 39.5 Å². The molecule has 0 aromatic rings. The standard InChI is InChI=1S/C93H182O17P2/c1-8-11-12-13-14-15-16-17-18-19-20-21-22-26-29-35-40-45-53-60-67-74-90(95)103-80-88(109-92(97)76-69-62-55-46-41-36-30-27-24-23-25-28-33-38-43-51-58-65-72-85(6)9-2)82-107-111(99,100)105-78-87(94)79-106-112(101,102)108-83-89(81-104-91(96)75-68-61-54-49-48-50-57-64-71-84(4)5)110-93(98)77-70-63-56-47-42-37-32-31-34-39-44-52-59-66-73-86(7)10-3/h84-89,94H,8-83H2,1-7H3,(H,99,100)(H,101,102)/t85?,86?,87-,88-,89-/m1/s1. The summed E-state index contributed by atoms with van der Waals surface area (Å²) in [6.45, 7) is 12.1. The maximum absolute atomic E-state index is 13.2. The highest BCUT2D eigenvalue weighted by Crippen LogP contribution is 2.45. The molecular weight excluding hydrogens is 1450 g/mol. The number of unbranched alkanes of at least 4 members (excludes halogenated alkanes) is 57. The predicted molar refractivity (Wildman–Crippen MR) is 465 cm³/mol. The van der Waals surface area contributed by atoms with Gasteiger partial charge in [0.2, 0.25) is 0 Å². The molecule has 0 rings (SSSR count). The molecule has 3 N–H and O–H groups in total. The SMILES string of the molecule is CCCCCCCCCCCCCCCCCCCCCCCC(=O)OC[C@H](COP(=O)(O)OC[C@@H](O)COP(=O)(O)OC[C@@H](COC(=O)CCCCCCCCCCC(C)C)OC(=O)CCCCCCCCCCCCCCCCC(C)CC)OC(=O)CCCCCCCCCCCCCCCCCCCCC(C)CC.